The van der Waals surface area contributed by atoms with Gasteiger partial charge in [-0.25, -0.2) is 0 Å². The second-order valence-corrected chi connectivity index (χ2v) is 5.29. The van der Waals surface area contributed by atoms with Gasteiger partial charge in [-0.1, -0.05) is 12.1 Å². The number of hydrogen-bond acceptors (Lipinski definition) is 4. The summed E-state index contributed by atoms with van der Waals surface area (Å²) < 4.78 is 0. The van der Waals surface area contributed by atoms with Crippen LogP contribution in [0.1, 0.15) is 0 Å². The second-order valence-electron chi connectivity index (χ2n) is 5.29. The molecule has 0 fully saturated rings. The van der Waals surface area contributed by atoms with Gasteiger partial charge in [0.2, 0.25) is 0 Å². The zero-order valence-electron chi connectivity index (χ0n) is 12.9. The lowest BCUT2D eigenvalue weighted by atomic mass is 10.0. The fourth-order valence-electron chi connectivity index (χ4n) is 2.53. The van der Waals surface area contributed by atoms with E-state index in [1.54, 1.807) is 24.8 Å². The van der Waals surface area contributed by atoms with Gasteiger partial charge in [-0.2, -0.15) is 0 Å². The Morgan fingerprint density at radius 2 is 0.875 bits per heavy atom. The van der Waals surface area contributed by atoms with Crippen molar-refractivity contribution in [3.63, 3.8) is 0 Å². The summed E-state index contributed by atoms with van der Waals surface area (Å²) in [5.74, 6) is 0. The molecular weight excluding hydrogens is 296 g/mol. The fraction of sp³-hybridized carbons (Fsp3) is 0. The summed E-state index contributed by atoms with van der Waals surface area (Å²) in [6.07, 6.45) is 7.16. The molecule has 4 aromatic rings. The molecule has 0 atom stereocenters. The Morgan fingerprint density at radius 1 is 0.417 bits per heavy atom. The standard InChI is InChI=1S/C20H14N4/c1-3-9-21-17(5-1)19-13-15(7-11-23-19)16-8-12-24-20(14-16)18-6-2-4-10-22-18/h1-14H. The van der Waals surface area contributed by atoms with Crippen molar-refractivity contribution >= 4 is 0 Å². The van der Waals surface area contributed by atoms with Crippen molar-refractivity contribution in [1.82, 2.24) is 19.9 Å². The van der Waals surface area contributed by atoms with Crippen LogP contribution >= 0.6 is 0 Å². The van der Waals surface area contributed by atoms with Crippen molar-refractivity contribution in [2.75, 3.05) is 0 Å². The lowest BCUT2D eigenvalue weighted by Crippen LogP contribution is -1.90. The summed E-state index contributed by atoms with van der Waals surface area (Å²) in [7, 11) is 0. The third-order valence-electron chi connectivity index (χ3n) is 3.71. The van der Waals surface area contributed by atoms with Crippen LogP contribution in [0.25, 0.3) is 33.9 Å². The molecule has 0 bridgehead atoms. The molecule has 24 heavy (non-hydrogen) atoms. The summed E-state index contributed by atoms with van der Waals surface area (Å²) in [5.41, 5.74) is 5.57. The van der Waals surface area contributed by atoms with Crippen LogP contribution in [0.15, 0.2) is 85.5 Å². The first-order valence-corrected chi connectivity index (χ1v) is 7.65. The van der Waals surface area contributed by atoms with E-state index in [1.807, 2.05) is 60.7 Å². The largest absolute Gasteiger partial charge is 0.255 e. The van der Waals surface area contributed by atoms with Crippen LogP contribution < -0.4 is 0 Å². The topological polar surface area (TPSA) is 51.6 Å². The third-order valence-corrected chi connectivity index (χ3v) is 3.71. The molecule has 0 aliphatic carbocycles. The van der Waals surface area contributed by atoms with Crippen molar-refractivity contribution in [2.24, 2.45) is 0 Å². The molecule has 0 radical (unpaired) electrons. The number of pyridine rings is 4. The van der Waals surface area contributed by atoms with E-state index in [9.17, 15) is 0 Å². The molecule has 0 saturated carbocycles. The molecule has 4 nitrogen and oxygen atoms in total. The molecule has 0 aliphatic heterocycles. The van der Waals surface area contributed by atoms with Crippen LogP contribution in [0.2, 0.25) is 0 Å². The maximum absolute atomic E-state index is 4.43. The van der Waals surface area contributed by atoms with Crippen molar-refractivity contribution in [2.45, 2.75) is 0 Å². The molecule has 4 rings (SSSR count). The minimum Gasteiger partial charge on any atom is -0.255 e. The monoisotopic (exact) mass is 310 g/mol. The van der Waals surface area contributed by atoms with E-state index in [-0.39, 0.29) is 0 Å². The first-order valence-electron chi connectivity index (χ1n) is 7.65. The number of aromatic nitrogens is 4. The zero-order chi connectivity index (χ0) is 16.2. The van der Waals surface area contributed by atoms with Gasteiger partial charge in [-0.3, -0.25) is 19.9 Å². The summed E-state index contributed by atoms with van der Waals surface area (Å²) >= 11 is 0. The highest BCUT2D eigenvalue weighted by Gasteiger charge is 2.06. The van der Waals surface area contributed by atoms with E-state index >= 15 is 0 Å². The molecule has 0 saturated heterocycles. The van der Waals surface area contributed by atoms with Crippen LogP contribution in [0.3, 0.4) is 0 Å². The zero-order valence-corrected chi connectivity index (χ0v) is 12.9. The van der Waals surface area contributed by atoms with E-state index in [0.29, 0.717) is 0 Å². The maximum atomic E-state index is 4.43. The molecule has 4 heteroatoms. The highest BCUT2D eigenvalue weighted by atomic mass is 14.8. The van der Waals surface area contributed by atoms with Gasteiger partial charge in [0.05, 0.1) is 22.8 Å². The summed E-state index contributed by atoms with van der Waals surface area (Å²) in [6.45, 7) is 0. The lowest BCUT2D eigenvalue weighted by Gasteiger charge is -2.06. The predicted molar refractivity (Wildman–Crippen MR) is 93.9 cm³/mol. The summed E-state index contributed by atoms with van der Waals surface area (Å²) in [6, 6.07) is 19.7. The quantitative estimate of drug-likeness (QED) is 0.567. The Labute approximate surface area is 139 Å². The minimum atomic E-state index is 0.851. The van der Waals surface area contributed by atoms with Gasteiger partial charge in [0.1, 0.15) is 0 Å². The molecule has 114 valence electrons. The Morgan fingerprint density at radius 3 is 1.29 bits per heavy atom. The van der Waals surface area contributed by atoms with Gasteiger partial charge >= 0.3 is 0 Å². The van der Waals surface area contributed by atoms with Crippen LogP contribution in [0.4, 0.5) is 0 Å². The summed E-state index contributed by atoms with van der Waals surface area (Å²) in [4.78, 5) is 17.6. The van der Waals surface area contributed by atoms with Gasteiger partial charge in [0.25, 0.3) is 0 Å². The van der Waals surface area contributed by atoms with Gasteiger partial charge in [-0.05, 0) is 59.7 Å². The Kier molecular flexibility index (Phi) is 3.78. The lowest BCUT2D eigenvalue weighted by molar-refractivity contribution is 1.24. The smallest absolute Gasteiger partial charge is 0.0892 e. The highest BCUT2D eigenvalue weighted by Crippen LogP contribution is 2.25. The molecule has 4 aromatic heterocycles. The van der Waals surface area contributed by atoms with Gasteiger partial charge < -0.3 is 0 Å². The van der Waals surface area contributed by atoms with Crippen LogP contribution in [0.5, 0.6) is 0 Å². The average molecular weight is 310 g/mol. The van der Waals surface area contributed by atoms with E-state index < -0.39 is 0 Å². The maximum Gasteiger partial charge on any atom is 0.0892 e. The SMILES string of the molecule is c1ccc(-c2cc(-c3ccnc(-c4ccccn4)c3)ccn2)nc1. The molecule has 4 heterocycles. The predicted octanol–water partition coefficient (Wildman–Crippen LogP) is 4.27. The Balaban J connectivity index is 1.75. The van der Waals surface area contributed by atoms with Crippen molar-refractivity contribution < 1.29 is 0 Å². The second kappa shape index (κ2) is 6.38. The molecule has 0 aliphatic rings. The Hall–Kier alpha value is -3.40. The van der Waals surface area contributed by atoms with Crippen LogP contribution in [-0.4, -0.2) is 19.9 Å². The first-order chi connectivity index (χ1) is 11.9. The molecule has 0 amide bonds. The van der Waals surface area contributed by atoms with E-state index in [0.717, 1.165) is 33.9 Å². The van der Waals surface area contributed by atoms with Crippen LogP contribution in [0, 0.1) is 0 Å². The molecular formula is C20H14N4. The first kappa shape index (κ1) is 14.2. The normalized spacial score (nSPS) is 10.5. The fourth-order valence-corrected chi connectivity index (χ4v) is 2.53. The molecule has 0 unspecified atom stereocenters. The van der Waals surface area contributed by atoms with Gasteiger partial charge in [-0.15, -0.1) is 0 Å². The third kappa shape index (κ3) is 2.90. The van der Waals surface area contributed by atoms with Crippen molar-refractivity contribution in [3.05, 3.63) is 85.5 Å². The highest BCUT2D eigenvalue weighted by molar-refractivity contribution is 5.72. The number of rotatable bonds is 3. The minimum absolute atomic E-state index is 0.851. The summed E-state index contributed by atoms with van der Waals surface area (Å²) in [5, 5.41) is 0. The number of hydrogen-bond donors (Lipinski definition) is 0. The molecule has 0 N–H and O–H groups in total. The van der Waals surface area contributed by atoms with E-state index in [2.05, 4.69) is 19.9 Å². The average Bonchev–Trinajstić information content (AvgIpc) is 2.70. The van der Waals surface area contributed by atoms with Gasteiger partial charge in [0.15, 0.2) is 0 Å². The van der Waals surface area contributed by atoms with Crippen molar-refractivity contribution in [3.8, 4) is 33.9 Å². The molecule has 0 aromatic carbocycles. The van der Waals surface area contributed by atoms with E-state index in [1.165, 1.54) is 0 Å². The van der Waals surface area contributed by atoms with E-state index in [4.69, 9.17) is 0 Å². The van der Waals surface area contributed by atoms with Gasteiger partial charge in [0, 0.05) is 24.8 Å². The Bertz CT molecular complexity index is 872. The molecule has 0 spiro atoms. The van der Waals surface area contributed by atoms with Crippen LogP contribution in [-0.2, 0) is 0 Å². The van der Waals surface area contributed by atoms with Crippen molar-refractivity contribution in [1.29, 1.82) is 0 Å². The number of nitrogens with zero attached hydrogens (tertiary/aromatic N) is 4.